The standard InChI is InChI=1S/C22H31N5O6/c28-17-7-8-18(29)26-10-2-5-15(26)21(32)24-13-20(31)27-11-3-6-16(27)22(33)23-12-19(30)25-9-1-4-14(17)25/h14-16H,1-13H2,(H,23,33)(H,24,32). The van der Waals surface area contributed by atoms with Gasteiger partial charge in [0.1, 0.15) is 12.1 Å². The molecule has 3 atom stereocenters. The van der Waals surface area contributed by atoms with E-state index >= 15 is 0 Å². The van der Waals surface area contributed by atoms with Crippen molar-refractivity contribution in [2.24, 2.45) is 0 Å². The van der Waals surface area contributed by atoms with Crippen molar-refractivity contribution in [3.63, 3.8) is 0 Å². The normalized spacial score (nSPS) is 30.4. The number of hydrogen-bond donors (Lipinski definition) is 2. The molecule has 0 saturated carbocycles. The van der Waals surface area contributed by atoms with Crippen LogP contribution in [0.1, 0.15) is 51.4 Å². The van der Waals surface area contributed by atoms with Gasteiger partial charge < -0.3 is 25.3 Å². The van der Waals surface area contributed by atoms with Crippen LogP contribution in [0.3, 0.4) is 0 Å². The number of Topliss-reactive ketones (excluding diaryl/α,β-unsaturated/α-hetero) is 1. The van der Waals surface area contributed by atoms with Crippen LogP contribution in [0.5, 0.6) is 0 Å². The third-order valence-corrected chi connectivity index (χ3v) is 7.11. The highest BCUT2D eigenvalue weighted by atomic mass is 16.2. The molecule has 4 heterocycles. The van der Waals surface area contributed by atoms with E-state index in [0.717, 1.165) is 0 Å². The maximum absolute atomic E-state index is 12.8. The fourth-order valence-electron chi connectivity index (χ4n) is 5.38. The SMILES string of the molecule is O=C1CCC(=O)N2CCCC2C(=O)NCC(=O)N2CCCC2C(=O)NCC(=O)N2CCCC12. The molecule has 2 N–H and O–H groups in total. The molecule has 5 amide bonds. The number of fused-ring (bicyclic) bond motifs is 3. The van der Waals surface area contributed by atoms with E-state index < -0.39 is 29.9 Å². The first-order valence-electron chi connectivity index (χ1n) is 11.8. The smallest absolute Gasteiger partial charge is 0.243 e. The van der Waals surface area contributed by atoms with Crippen molar-refractivity contribution < 1.29 is 28.8 Å². The molecular weight excluding hydrogens is 430 g/mol. The molecule has 4 aliphatic heterocycles. The van der Waals surface area contributed by atoms with Gasteiger partial charge in [-0.3, -0.25) is 28.8 Å². The van der Waals surface area contributed by atoms with E-state index in [1.54, 1.807) is 0 Å². The van der Waals surface area contributed by atoms with Gasteiger partial charge in [-0.1, -0.05) is 0 Å². The number of amides is 5. The first kappa shape index (κ1) is 23.2. The maximum Gasteiger partial charge on any atom is 0.243 e. The molecule has 33 heavy (non-hydrogen) atoms. The minimum Gasteiger partial charge on any atom is -0.345 e. The van der Waals surface area contributed by atoms with Crippen molar-refractivity contribution in [1.29, 1.82) is 0 Å². The molecule has 4 fully saturated rings. The maximum atomic E-state index is 12.8. The van der Waals surface area contributed by atoms with Gasteiger partial charge >= 0.3 is 0 Å². The number of carbonyl (C=O) groups excluding carboxylic acids is 6. The Bertz CT molecular complexity index is 685. The van der Waals surface area contributed by atoms with Crippen LogP contribution in [0, 0.1) is 0 Å². The summed E-state index contributed by atoms with van der Waals surface area (Å²) in [6.45, 7) is 0.765. The third-order valence-electron chi connectivity index (χ3n) is 7.11. The van der Waals surface area contributed by atoms with E-state index in [2.05, 4.69) is 10.6 Å². The summed E-state index contributed by atoms with van der Waals surface area (Å²) in [4.78, 5) is 80.9. The number of nitrogens with zero attached hydrogens (tertiary/aromatic N) is 3. The van der Waals surface area contributed by atoms with E-state index in [4.69, 9.17) is 0 Å². The summed E-state index contributed by atoms with van der Waals surface area (Å²) in [5.41, 5.74) is 0. The van der Waals surface area contributed by atoms with Gasteiger partial charge in [0.05, 0.1) is 19.1 Å². The molecule has 0 radical (unpaired) electrons. The highest BCUT2D eigenvalue weighted by Gasteiger charge is 2.39. The van der Waals surface area contributed by atoms with Crippen LogP contribution >= 0.6 is 0 Å². The van der Waals surface area contributed by atoms with E-state index in [0.29, 0.717) is 58.2 Å². The Labute approximate surface area is 192 Å². The van der Waals surface area contributed by atoms with Crippen molar-refractivity contribution in [3.8, 4) is 0 Å². The molecule has 4 aliphatic rings. The Morgan fingerprint density at radius 1 is 0.545 bits per heavy atom. The lowest BCUT2D eigenvalue weighted by atomic mass is 10.0. The Kier molecular flexibility index (Phi) is 6.94. The van der Waals surface area contributed by atoms with Gasteiger partial charge in [-0.2, -0.15) is 0 Å². The van der Waals surface area contributed by atoms with E-state index in [1.165, 1.54) is 14.7 Å². The minimum absolute atomic E-state index is 0.00000181. The van der Waals surface area contributed by atoms with Crippen LogP contribution in [-0.4, -0.2) is 101 Å². The van der Waals surface area contributed by atoms with E-state index in [1.807, 2.05) is 0 Å². The molecule has 180 valence electrons. The van der Waals surface area contributed by atoms with Crippen molar-refractivity contribution in [2.75, 3.05) is 32.7 Å². The second-order valence-electron chi connectivity index (χ2n) is 9.14. The monoisotopic (exact) mass is 461 g/mol. The predicted molar refractivity (Wildman–Crippen MR) is 114 cm³/mol. The van der Waals surface area contributed by atoms with Crippen molar-refractivity contribution >= 4 is 35.3 Å². The summed E-state index contributed by atoms with van der Waals surface area (Å²) in [6, 6.07) is -1.95. The van der Waals surface area contributed by atoms with Crippen LogP contribution < -0.4 is 10.6 Å². The molecule has 0 aromatic heterocycles. The minimum atomic E-state index is -0.693. The molecule has 11 heteroatoms. The van der Waals surface area contributed by atoms with Crippen molar-refractivity contribution in [1.82, 2.24) is 25.3 Å². The average molecular weight is 462 g/mol. The second-order valence-corrected chi connectivity index (χ2v) is 9.14. The van der Waals surface area contributed by atoms with Gasteiger partial charge in [0.2, 0.25) is 29.5 Å². The Morgan fingerprint density at radius 3 is 1.48 bits per heavy atom. The molecule has 0 bridgehead atoms. The Morgan fingerprint density at radius 2 is 0.970 bits per heavy atom. The first-order valence-corrected chi connectivity index (χ1v) is 11.8. The molecular formula is C22H31N5O6. The molecule has 0 aliphatic carbocycles. The molecule has 4 saturated heterocycles. The topological polar surface area (TPSA) is 136 Å². The third kappa shape index (κ3) is 4.86. The number of carbonyl (C=O) groups is 6. The average Bonchev–Trinajstić information content (AvgIpc) is 3.57. The number of hydrogen-bond acceptors (Lipinski definition) is 6. The zero-order valence-corrected chi connectivity index (χ0v) is 18.7. The highest BCUT2D eigenvalue weighted by molar-refractivity contribution is 5.96. The number of ketones is 1. The lowest BCUT2D eigenvalue weighted by molar-refractivity contribution is -0.143. The molecule has 0 spiro atoms. The van der Waals surface area contributed by atoms with Gasteiger partial charge in [-0.05, 0) is 38.5 Å². The van der Waals surface area contributed by atoms with Crippen molar-refractivity contribution in [3.05, 3.63) is 0 Å². The molecule has 3 unspecified atom stereocenters. The van der Waals surface area contributed by atoms with E-state index in [-0.39, 0.29) is 49.4 Å². The summed E-state index contributed by atoms with van der Waals surface area (Å²) in [5.74, 6) is -1.94. The fraction of sp³-hybridized carbons (Fsp3) is 0.727. The first-order chi connectivity index (χ1) is 15.9. The van der Waals surface area contributed by atoms with Crippen LogP contribution in [0.25, 0.3) is 0 Å². The van der Waals surface area contributed by atoms with Crippen LogP contribution in [0.15, 0.2) is 0 Å². The zero-order chi connectivity index (χ0) is 23.5. The summed E-state index contributed by atoms with van der Waals surface area (Å²) >= 11 is 0. The predicted octanol–water partition coefficient (Wildman–Crippen LogP) is -1.45. The largest absolute Gasteiger partial charge is 0.345 e. The molecule has 11 nitrogen and oxygen atoms in total. The quantitative estimate of drug-likeness (QED) is 0.453. The fourth-order valence-corrected chi connectivity index (χ4v) is 5.38. The summed E-state index contributed by atoms with van der Waals surface area (Å²) in [5, 5.41) is 5.24. The molecule has 0 aromatic carbocycles. The van der Waals surface area contributed by atoms with E-state index in [9.17, 15) is 28.8 Å². The molecule has 4 rings (SSSR count). The lowest BCUT2D eigenvalue weighted by Gasteiger charge is -2.28. The van der Waals surface area contributed by atoms with Crippen LogP contribution in [0.4, 0.5) is 0 Å². The van der Waals surface area contributed by atoms with Gasteiger partial charge in [0.25, 0.3) is 0 Å². The highest BCUT2D eigenvalue weighted by Crippen LogP contribution is 2.23. The van der Waals surface area contributed by atoms with Gasteiger partial charge in [-0.15, -0.1) is 0 Å². The molecule has 0 aromatic rings. The number of nitrogens with one attached hydrogen (secondary N) is 2. The van der Waals surface area contributed by atoms with Crippen molar-refractivity contribution in [2.45, 2.75) is 69.5 Å². The number of rotatable bonds is 0. The lowest BCUT2D eigenvalue weighted by Crippen LogP contribution is -2.53. The van der Waals surface area contributed by atoms with Crippen LogP contribution in [0.2, 0.25) is 0 Å². The Balaban J connectivity index is 1.53. The summed E-state index contributed by atoms with van der Waals surface area (Å²) in [7, 11) is 0. The van der Waals surface area contributed by atoms with Gasteiger partial charge in [-0.25, -0.2) is 0 Å². The van der Waals surface area contributed by atoms with Crippen LogP contribution in [-0.2, 0) is 28.8 Å². The Hall–Kier alpha value is -2.98. The van der Waals surface area contributed by atoms with Gasteiger partial charge in [0, 0.05) is 32.5 Å². The summed E-state index contributed by atoms with van der Waals surface area (Å²) < 4.78 is 0. The van der Waals surface area contributed by atoms with Gasteiger partial charge in [0.15, 0.2) is 5.78 Å². The second kappa shape index (κ2) is 9.88. The summed E-state index contributed by atoms with van der Waals surface area (Å²) in [6.07, 6.45) is 3.50. The zero-order valence-electron chi connectivity index (χ0n) is 18.7.